The molecule has 0 aliphatic carbocycles. The molecular formula is C14H22N6O3S. The first-order chi connectivity index (χ1) is 11.0. The van der Waals surface area contributed by atoms with E-state index in [0.29, 0.717) is 5.82 Å². The fraction of sp³-hybridized carbons (Fsp3) is 0.786. The average Bonchev–Trinajstić information content (AvgIpc) is 3.03. The number of aromatic nitrogens is 4. The standard InChI is InChI=1S/C14H22N6O3S/c1-13(2,3)12(22)23-6-19-9(16-17-18-19)8-14(4,5)24-11-7(15)10(21)20(8)11/h7-8,11H,6,15H2,1-5H3. The summed E-state index contributed by atoms with van der Waals surface area (Å²) < 4.78 is 6.42. The van der Waals surface area contributed by atoms with Crippen LogP contribution < -0.4 is 5.73 Å². The molecule has 24 heavy (non-hydrogen) atoms. The van der Waals surface area contributed by atoms with Gasteiger partial charge in [-0.05, 0) is 45.0 Å². The van der Waals surface area contributed by atoms with Crippen LogP contribution in [0, 0.1) is 5.41 Å². The summed E-state index contributed by atoms with van der Waals surface area (Å²) in [6.07, 6.45) is 0. The molecule has 0 radical (unpaired) electrons. The van der Waals surface area contributed by atoms with Crippen molar-refractivity contribution < 1.29 is 14.3 Å². The Balaban J connectivity index is 1.82. The number of nitrogens with zero attached hydrogens (tertiary/aromatic N) is 5. The van der Waals surface area contributed by atoms with Crippen molar-refractivity contribution in [3.63, 3.8) is 0 Å². The van der Waals surface area contributed by atoms with Crippen molar-refractivity contribution >= 4 is 23.6 Å². The maximum absolute atomic E-state index is 12.2. The Morgan fingerprint density at radius 3 is 2.71 bits per heavy atom. The van der Waals surface area contributed by atoms with Crippen molar-refractivity contribution in [3.05, 3.63) is 5.82 Å². The number of hydrogen-bond donors (Lipinski definition) is 1. The highest BCUT2D eigenvalue weighted by molar-refractivity contribution is 8.01. The summed E-state index contributed by atoms with van der Waals surface area (Å²) in [4.78, 5) is 25.8. The van der Waals surface area contributed by atoms with Gasteiger partial charge in [0.25, 0.3) is 0 Å². The van der Waals surface area contributed by atoms with Crippen molar-refractivity contribution in [1.82, 2.24) is 25.1 Å². The van der Waals surface area contributed by atoms with Crippen LogP contribution in [0.3, 0.4) is 0 Å². The fourth-order valence-corrected chi connectivity index (χ4v) is 4.47. The van der Waals surface area contributed by atoms with E-state index < -0.39 is 11.5 Å². The summed E-state index contributed by atoms with van der Waals surface area (Å²) >= 11 is 1.64. The normalized spacial score (nSPS) is 28.5. The molecule has 3 unspecified atom stereocenters. The number of carbonyl (C=O) groups excluding carboxylic acids is 2. The Bertz CT molecular complexity index is 682. The predicted molar refractivity (Wildman–Crippen MR) is 86.4 cm³/mol. The number of hydrogen-bond acceptors (Lipinski definition) is 8. The van der Waals surface area contributed by atoms with Gasteiger partial charge in [0.15, 0.2) is 12.6 Å². The quantitative estimate of drug-likeness (QED) is 0.608. The van der Waals surface area contributed by atoms with Crippen molar-refractivity contribution in [2.24, 2.45) is 11.1 Å². The van der Waals surface area contributed by atoms with Gasteiger partial charge in [-0.15, -0.1) is 16.9 Å². The first-order valence-corrected chi connectivity index (χ1v) is 8.61. The molecule has 3 heterocycles. The number of nitrogens with two attached hydrogens (primary N) is 1. The monoisotopic (exact) mass is 354 g/mol. The molecule has 10 heteroatoms. The van der Waals surface area contributed by atoms with Crippen LogP contribution >= 0.6 is 11.8 Å². The van der Waals surface area contributed by atoms with E-state index in [-0.39, 0.29) is 34.8 Å². The lowest BCUT2D eigenvalue weighted by atomic mass is 9.95. The number of rotatable bonds is 3. The zero-order chi connectivity index (χ0) is 17.9. The molecule has 0 saturated carbocycles. The van der Waals surface area contributed by atoms with Gasteiger partial charge in [0.1, 0.15) is 17.5 Å². The fourth-order valence-electron chi connectivity index (χ4n) is 2.90. The van der Waals surface area contributed by atoms with E-state index in [1.165, 1.54) is 4.68 Å². The molecule has 2 saturated heterocycles. The molecule has 3 rings (SSSR count). The van der Waals surface area contributed by atoms with Crippen LogP contribution in [-0.2, 0) is 21.1 Å². The third-order valence-corrected chi connectivity index (χ3v) is 5.81. The summed E-state index contributed by atoms with van der Waals surface area (Å²) in [5.41, 5.74) is 5.28. The van der Waals surface area contributed by atoms with Gasteiger partial charge in [0.05, 0.1) is 5.41 Å². The molecule has 0 bridgehead atoms. The number of amides is 1. The third-order valence-electron chi connectivity index (χ3n) is 4.22. The van der Waals surface area contributed by atoms with Crippen molar-refractivity contribution in [1.29, 1.82) is 0 Å². The number of fused-ring (bicyclic) bond motifs is 1. The highest BCUT2D eigenvalue weighted by Crippen LogP contribution is 2.56. The highest BCUT2D eigenvalue weighted by Gasteiger charge is 2.62. The van der Waals surface area contributed by atoms with Gasteiger partial charge in [-0.3, -0.25) is 9.59 Å². The van der Waals surface area contributed by atoms with Crippen molar-refractivity contribution in [3.8, 4) is 0 Å². The Morgan fingerprint density at radius 1 is 1.42 bits per heavy atom. The van der Waals surface area contributed by atoms with Gasteiger partial charge in [-0.2, -0.15) is 4.68 Å². The van der Waals surface area contributed by atoms with Crippen LogP contribution in [-0.4, -0.2) is 53.1 Å². The van der Waals surface area contributed by atoms with Gasteiger partial charge in [0.2, 0.25) is 5.91 Å². The van der Waals surface area contributed by atoms with Crippen LogP contribution in [0.1, 0.15) is 46.5 Å². The van der Waals surface area contributed by atoms with Crippen LogP contribution in [0.2, 0.25) is 0 Å². The van der Waals surface area contributed by atoms with Gasteiger partial charge >= 0.3 is 5.97 Å². The molecule has 2 fully saturated rings. The minimum atomic E-state index is -0.609. The largest absolute Gasteiger partial charge is 0.442 e. The molecule has 0 aromatic carbocycles. The van der Waals surface area contributed by atoms with Crippen LogP contribution in [0.25, 0.3) is 0 Å². The van der Waals surface area contributed by atoms with E-state index in [4.69, 9.17) is 10.5 Å². The SMILES string of the molecule is CC(C)(C)C(=O)OCn1nnnc1C1N2C(=O)C(N)C2SC1(C)C. The minimum absolute atomic E-state index is 0.0697. The molecule has 0 spiro atoms. The minimum Gasteiger partial charge on any atom is -0.442 e. The second-order valence-corrected chi connectivity index (χ2v) is 9.40. The summed E-state index contributed by atoms with van der Waals surface area (Å²) in [5, 5.41) is 11.6. The molecule has 1 aromatic heterocycles. The molecule has 3 atom stereocenters. The Labute approximate surface area is 144 Å². The van der Waals surface area contributed by atoms with Crippen LogP contribution in [0.5, 0.6) is 0 Å². The van der Waals surface area contributed by atoms with E-state index in [0.717, 1.165) is 0 Å². The maximum atomic E-state index is 12.2. The predicted octanol–water partition coefficient (Wildman–Crippen LogP) is 0.282. The van der Waals surface area contributed by atoms with E-state index in [2.05, 4.69) is 15.5 Å². The summed E-state index contributed by atoms with van der Waals surface area (Å²) in [6.45, 7) is 9.29. The molecule has 2 aliphatic rings. The van der Waals surface area contributed by atoms with E-state index in [1.807, 2.05) is 13.8 Å². The molecule has 132 valence electrons. The van der Waals surface area contributed by atoms with Gasteiger partial charge in [-0.1, -0.05) is 0 Å². The summed E-state index contributed by atoms with van der Waals surface area (Å²) in [7, 11) is 0. The molecule has 2 N–H and O–H groups in total. The number of β-lactam (4-membered cyclic amide) rings is 1. The zero-order valence-corrected chi connectivity index (χ0v) is 15.2. The molecular weight excluding hydrogens is 332 g/mol. The maximum Gasteiger partial charge on any atom is 0.313 e. The second kappa shape index (κ2) is 5.41. The highest BCUT2D eigenvalue weighted by atomic mass is 32.2. The topological polar surface area (TPSA) is 116 Å². The van der Waals surface area contributed by atoms with Crippen molar-refractivity contribution in [2.75, 3.05) is 0 Å². The van der Waals surface area contributed by atoms with E-state index >= 15 is 0 Å². The van der Waals surface area contributed by atoms with Gasteiger partial charge in [-0.25, -0.2) is 0 Å². The Hall–Kier alpha value is -1.68. The van der Waals surface area contributed by atoms with E-state index in [9.17, 15) is 9.59 Å². The lowest BCUT2D eigenvalue weighted by Gasteiger charge is -2.42. The number of tetrazole rings is 1. The molecule has 9 nitrogen and oxygen atoms in total. The summed E-state index contributed by atoms with van der Waals surface area (Å²) in [6, 6.07) is -0.800. The summed E-state index contributed by atoms with van der Waals surface area (Å²) in [5.74, 6) is 0.0465. The number of carbonyl (C=O) groups is 2. The second-order valence-electron chi connectivity index (χ2n) is 7.63. The first kappa shape index (κ1) is 17.2. The van der Waals surface area contributed by atoms with Crippen molar-refractivity contribution in [2.45, 2.75) is 63.6 Å². The zero-order valence-electron chi connectivity index (χ0n) is 14.4. The average molecular weight is 354 g/mol. The van der Waals surface area contributed by atoms with E-state index in [1.54, 1.807) is 37.4 Å². The lowest BCUT2D eigenvalue weighted by Crippen LogP contribution is -2.65. The number of esters is 1. The van der Waals surface area contributed by atoms with Gasteiger partial charge < -0.3 is 15.4 Å². The first-order valence-electron chi connectivity index (χ1n) is 7.73. The Kier molecular flexibility index (Phi) is 3.87. The van der Waals surface area contributed by atoms with Gasteiger partial charge in [0, 0.05) is 4.75 Å². The molecule has 1 amide bonds. The Morgan fingerprint density at radius 2 is 2.08 bits per heavy atom. The molecule has 2 aliphatic heterocycles. The lowest BCUT2D eigenvalue weighted by molar-refractivity contribution is -0.158. The molecule has 1 aromatic rings. The smallest absolute Gasteiger partial charge is 0.313 e. The van der Waals surface area contributed by atoms with Crippen LogP contribution in [0.15, 0.2) is 0 Å². The third kappa shape index (κ3) is 2.57. The number of ether oxygens (including phenoxy) is 1. The van der Waals surface area contributed by atoms with Crippen LogP contribution in [0.4, 0.5) is 0 Å². The number of thioether (sulfide) groups is 1.